The molecule has 2 nitrogen and oxygen atoms in total. The Bertz CT molecular complexity index is 346. The van der Waals surface area contributed by atoms with Gasteiger partial charge in [0.2, 0.25) is 0 Å². The number of likely N-dealkylation sites (N-methyl/N-ethyl adjacent to an activating group) is 1. The Kier molecular flexibility index (Phi) is 3.95. The van der Waals surface area contributed by atoms with Crippen LogP contribution >= 0.6 is 15.9 Å². The van der Waals surface area contributed by atoms with Gasteiger partial charge in [-0.1, -0.05) is 15.9 Å². The maximum atomic E-state index is 13.2. The number of nitrogens with zero attached hydrogens (tertiary/aromatic N) is 1. The fourth-order valence-electron chi connectivity index (χ4n) is 1.99. The molecule has 0 spiro atoms. The van der Waals surface area contributed by atoms with E-state index in [1.807, 2.05) is 6.07 Å². The number of benzene rings is 1. The zero-order valence-corrected chi connectivity index (χ0v) is 10.8. The van der Waals surface area contributed by atoms with Crippen LogP contribution < -0.4 is 0 Å². The molecule has 0 saturated carbocycles. The summed E-state index contributed by atoms with van der Waals surface area (Å²) in [7, 11) is 2.05. The second-order valence-corrected chi connectivity index (χ2v) is 5.13. The van der Waals surface area contributed by atoms with Gasteiger partial charge in [-0.05, 0) is 37.2 Å². The molecule has 2 rings (SSSR count). The van der Waals surface area contributed by atoms with E-state index < -0.39 is 0 Å². The quantitative estimate of drug-likeness (QED) is 0.848. The Labute approximate surface area is 104 Å². The van der Waals surface area contributed by atoms with Crippen LogP contribution in [0.4, 0.5) is 4.39 Å². The fourth-order valence-corrected chi connectivity index (χ4v) is 2.50. The van der Waals surface area contributed by atoms with Crippen LogP contribution in [-0.2, 0) is 11.3 Å². The summed E-state index contributed by atoms with van der Waals surface area (Å²) in [6.07, 6.45) is 1.06. The van der Waals surface area contributed by atoms with Gasteiger partial charge in [-0.3, -0.25) is 4.90 Å². The molecule has 0 amide bonds. The maximum absolute atomic E-state index is 13.2. The van der Waals surface area contributed by atoms with Crippen LogP contribution in [0.2, 0.25) is 0 Å². The molecule has 4 heteroatoms. The van der Waals surface area contributed by atoms with Crippen LogP contribution in [0.15, 0.2) is 22.7 Å². The third-order valence-electron chi connectivity index (χ3n) is 2.88. The highest BCUT2D eigenvalue weighted by Crippen LogP contribution is 2.18. The van der Waals surface area contributed by atoms with Crippen molar-refractivity contribution in [3.05, 3.63) is 34.1 Å². The van der Waals surface area contributed by atoms with E-state index in [0.29, 0.717) is 6.04 Å². The van der Waals surface area contributed by atoms with E-state index in [9.17, 15) is 4.39 Å². The molecule has 0 radical (unpaired) electrons. The van der Waals surface area contributed by atoms with Gasteiger partial charge in [0.1, 0.15) is 5.82 Å². The molecule has 1 aromatic rings. The molecule has 1 atom stereocenters. The van der Waals surface area contributed by atoms with Crippen LogP contribution in [0, 0.1) is 5.82 Å². The molecular formula is C12H15BrFNO. The van der Waals surface area contributed by atoms with Crippen molar-refractivity contribution in [1.82, 2.24) is 4.90 Å². The molecule has 0 aromatic heterocycles. The second kappa shape index (κ2) is 5.25. The molecular weight excluding hydrogens is 273 g/mol. The van der Waals surface area contributed by atoms with Crippen molar-refractivity contribution in [3.63, 3.8) is 0 Å². The van der Waals surface area contributed by atoms with Gasteiger partial charge in [-0.2, -0.15) is 0 Å². The average Bonchev–Trinajstić information content (AvgIpc) is 2.68. The minimum absolute atomic E-state index is 0.194. The van der Waals surface area contributed by atoms with Crippen LogP contribution in [0.1, 0.15) is 12.0 Å². The monoisotopic (exact) mass is 287 g/mol. The SMILES string of the molecule is CN(Cc1cc(F)cc(Br)c1)C1CCOC1. The molecule has 0 N–H and O–H groups in total. The Morgan fingerprint density at radius 1 is 1.50 bits per heavy atom. The topological polar surface area (TPSA) is 12.5 Å². The van der Waals surface area contributed by atoms with E-state index in [2.05, 4.69) is 27.9 Å². The van der Waals surface area contributed by atoms with E-state index in [1.54, 1.807) is 6.07 Å². The van der Waals surface area contributed by atoms with Gasteiger partial charge in [-0.25, -0.2) is 4.39 Å². The van der Waals surface area contributed by atoms with E-state index in [1.165, 1.54) is 6.07 Å². The van der Waals surface area contributed by atoms with Gasteiger partial charge < -0.3 is 4.74 Å². The Balaban J connectivity index is 2.02. The van der Waals surface area contributed by atoms with Crippen LogP contribution in [0.25, 0.3) is 0 Å². The summed E-state index contributed by atoms with van der Waals surface area (Å²) in [5.74, 6) is -0.194. The van der Waals surface area contributed by atoms with Gasteiger partial charge in [0.05, 0.1) is 6.61 Å². The summed E-state index contributed by atoms with van der Waals surface area (Å²) in [5.41, 5.74) is 0.987. The predicted octanol–water partition coefficient (Wildman–Crippen LogP) is 2.81. The maximum Gasteiger partial charge on any atom is 0.124 e. The highest BCUT2D eigenvalue weighted by Gasteiger charge is 2.20. The third-order valence-corrected chi connectivity index (χ3v) is 3.34. The van der Waals surface area contributed by atoms with E-state index >= 15 is 0 Å². The van der Waals surface area contributed by atoms with Crippen molar-refractivity contribution < 1.29 is 9.13 Å². The predicted molar refractivity (Wildman–Crippen MR) is 64.8 cm³/mol. The molecule has 1 heterocycles. The minimum Gasteiger partial charge on any atom is -0.380 e. The van der Waals surface area contributed by atoms with Crippen LogP contribution in [0.3, 0.4) is 0 Å². The summed E-state index contributed by atoms with van der Waals surface area (Å²) in [6, 6.07) is 5.47. The van der Waals surface area contributed by atoms with Crippen molar-refractivity contribution in [2.45, 2.75) is 19.0 Å². The second-order valence-electron chi connectivity index (χ2n) is 4.21. The smallest absolute Gasteiger partial charge is 0.124 e. The molecule has 16 heavy (non-hydrogen) atoms. The lowest BCUT2D eigenvalue weighted by Crippen LogP contribution is -2.31. The molecule has 88 valence electrons. The Morgan fingerprint density at radius 3 is 2.94 bits per heavy atom. The van der Waals surface area contributed by atoms with Gasteiger partial charge in [-0.15, -0.1) is 0 Å². The first-order valence-electron chi connectivity index (χ1n) is 5.38. The first-order valence-corrected chi connectivity index (χ1v) is 6.17. The van der Waals surface area contributed by atoms with E-state index in [4.69, 9.17) is 4.74 Å². The number of hydrogen-bond acceptors (Lipinski definition) is 2. The van der Waals surface area contributed by atoms with E-state index in [0.717, 1.165) is 36.2 Å². The van der Waals surface area contributed by atoms with Crippen molar-refractivity contribution >= 4 is 15.9 Å². The summed E-state index contributed by atoms with van der Waals surface area (Å²) < 4.78 is 19.3. The molecule has 1 aromatic carbocycles. The average molecular weight is 288 g/mol. The first-order chi connectivity index (χ1) is 7.65. The number of ether oxygens (including phenoxy) is 1. The van der Waals surface area contributed by atoms with Gasteiger partial charge in [0.25, 0.3) is 0 Å². The lowest BCUT2D eigenvalue weighted by atomic mass is 10.1. The first kappa shape index (κ1) is 12.0. The van der Waals surface area contributed by atoms with Gasteiger partial charge >= 0.3 is 0 Å². The largest absolute Gasteiger partial charge is 0.380 e. The van der Waals surface area contributed by atoms with Gasteiger partial charge in [0.15, 0.2) is 0 Å². The van der Waals surface area contributed by atoms with Crippen molar-refractivity contribution in [3.8, 4) is 0 Å². The zero-order valence-electron chi connectivity index (χ0n) is 9.25. The Morgan fingerprint density at radius 2 is 2.31 bits per heavy atom. The molecule has 0 bridgehead atoms. The lowest BCUT2D eigenvalue weighted by Gasteiger charge is -2.22. The number of halogens is 2. The molecule has 0 aliphatic carbocycles. The summed E-state index contributed by atoms with van der Waals surface area (Å²) >= 11 is 3.30. The Hall–Kier alpha value is -0.450. The van der Waals surface area contributed by atoms with Crippen molar-refractivity contribution in [1.29, 1.82) is 0 Å². The number of hydrogen-bond donors (Lipinski definition) is 0. The zero-order chi connectivity index (χ0) is 11.5. The normalized spacial score (nSPS) is 20.6. The summed E-state index contributed by atoms with van der Waals surface area (Å²) in [5, 5.41) is 0. The third kappa shape index (κ3) is 3.03. The van der Waals surface area contributed by atoms with Gasteiger partial charge in [0, 0.05) is 23.7 Å². The molecule has 1 saturated heterocycles. The number of rotatable bonds is 3. The summed E-state index contributed by atoms with van der Waals surface area (Å²) in [6.45, 7) is 2.37. The van der Waals surface area contributed by atoms with Crippen molar-refractivity contribution in [2.75, 3.05) is 20.3 Å². The molecule has 1 unspecified atom stereocenters. The fraction of sp³-hybridized carbons (Fsp3) is 0.500. The highest BCUT2D eigenvalue weighted by molar-refractivity contribution is 9.10. The lowest BCUT2D eigenvalue weighted by molar-refractivity contribution is 0.156. The van der Waals surface area contributed by atoms with Crippen molar-refractivity contribution in [2.24, 2.45) is 0 Å². The van der Waals surface area contributed by atoms with Crippen LogP contribution in [0.5, 0.6) is 0 Å². The standard InChI is InChI=1S/C12H15BrFNO/c1-15(12-2-3-16-8-12)7-9-4-10(13)6-11(14)5-9/h4-6,12H,2-3,7-8H2,1H3. The van der Waals surface area contributed by atoms with E-state index in [-0.39, 0.29) is 5.82 Å². The summed E-state index contributed by atoms with van der Waals surface area (Å²) in [4.78, 5) is 2.22. The minimum atomic E-state index is -0.194. The highest BCUT2D eigenvalue weighted by atomic mass is 79.9. The molecule has 1 aliphatic heterocycles. The van der Waals surface area contributed by atoms with Crippen LogP contribution in [-0.4, -0.2) is 31.2 Å². The molecule has 1 aliphatic rings. The molecule has 1 fully saturated rings.